The fourth-order valence-electron chi connectivity index (χ4n) is 6.48. The highest BCUT2D eigenvalue weighted by molar-refractivity contribution is 6.30. The number of piperazine rings is 1. The topological polar surface area (TPSA) is 51.9 Å². The number of phenolic OH excluding ortho intramolecular Hbond substituents is 2. The lowest BCUT2D eigenvalue weighted by molar-refractivity contribution is 0.108. The molecular formula is C36H38ClN3O2. The molecule has 0 aliphatic carbocycles. The van der Waals surface area contributed by atoms with Crippen LogP contribution in [0.2, 0.25) is 5.02 Å². The fourth-order valence-corrected chi connectivity index (χ4v) is 6.61. The first-order valence-electron chi connectivity index (χ1n) is 14.9. The van der Waals surface area contributed by atoms with Crippen molar-refractivity contribution in [2.45, 2.75) is 32.4 Å². The van der Waals surface area contributed by atoms with Crippen LogP contribution in [0, 0.1) is 6.92 Å². The Morgan fingerprint density at radius 2 is 1.36 bits per heavy atom. The normalized spacial score (nSPS) is 15.3. The molecule has 0 radical (unpaired) electrons. The van der Waals surface area contributed by atoms with Crippen LogP contribution in [0.1, 0.15) is 35.6 Å². The number of rotatable bonds is 9. The second-order valence-corrected chi connectivity index (χ2v) is 11.8. The van der Waals surface area contributed by atoms with Crippen molar-refractivity contribution in [3.63, 3.8) is 0 Å². The third-order valence-corrected chi connectivity index (χ3v) is 8.87. The molecule has 0 saturated carbocycles. The maximum absolute atomic E-state index is 10.2. The van der Waals surface area contributed by atoms with Crippen LogP contribution in [0.25, 0.3) is 22.2 Å². The SMILES string of the molecule is Cc1c(-c2ccc(O)cc2)n(CCCCN2CCN(C(c3ccccc3)c3ccc(Cl)cc3)CC2)c2ccc(O)cc12. The lowest BCUT2D eigenvalue weighted by Gasteiger charge is -2.40. The van der Waals surface area contributed by atoms with Crippen molar-refractivity contribution in [3.8, 4) is 22.8 Å². The van der Waals surface area contributed by atoms with Crippen LogP contribution >= 0.6 is 11.6 Å². The van der Waals surface area contributed by atoms with Crippen molar-refractivity contribution in [1.82, 2.24) is 14.4 Å². The van der Waals surface area contributed by atoms with Crippen molar-refractivity contribution in [1.29, 1.82) is 0 Å². The van der Waals surface area contributed by atoms with Crippen molar-refractivity contribution >= 4 is 22.5 Å². The molecule has 6 rings (SSSR count). The summed E-state index contributed by atoms with van der Waals surface area (Å²) in [5, 5.41) is 21.8. The molecule has 0 spiro atoms. The molecule has 1 fully saturated rings. The van der Waals surface area contributed by atoms with Gasteiger partial charge < -0.3 is 19.7 Å². The van der Waals surface area contributed by atoms with E-state index in [9.17, 15) is 10.2 Å². The minimum Gasteiger partial charge on any atom is -0.508 e. The quantitative estimate of drug-likeness (QED) is 0.174. The molecule has 0 amide bonds. The van der Waals surface area contributed by atoms with Crippen LogP contribution in [0.5, 0.6) is 11.5 Å². The predicted molar refractivity (Wildman–Crippen MR) is 172 cm³/mol. The highest BCUT2D eigenvalue weighted by Crippen LogP contribution is 2.36. The predicted octanol–water partition coefficient (Wildman–Crippen LogP) is 7.87. The van der Waals surface area contributed by atoms with E-state index in [1.165, 1.54) is 11.1 Å². The van der Waals surface area contributed by atoms with Crippen LogP contribution < -0.4 is 0 Å². The minimum absolute atomic E-state index is 0.230. The molecule has 5 aromatic rings. The summed E-state index contributed by atoms with van der Waals surface area (Å²) in [5.74, 6) is 0.546. The zero-order valence-corrected chi connectivity index (χ0v) is 24.8. The van der Waals surface area contributed by atoms with Gasteiger partial charge >= 0.3 is 0 Å². The van der Waals surface area contributed by atoms with Gasteiger partial charge in [0.2, 0.25) is 0 Å². The number of halogens is 1. The van der Waals surface area contributed by atoms with E-state index < -0.39 is 0 Å². The molecular weight excluding hydrogens is 542 g/mol. The van der Waals surface area contributed by atoms with Gasteiger partial charge in [-0.1, -0.05) is 54.1 Å². The van der Waals surface area contributed by atoms with E-state index in [-0.39, 0.29) is 17.5 Å². The molecule has 42 heavy (non-hydrogen) atoms. The van der Waals surface area contributed by atoms with Gasteiger partial charge in [0, 0.05) is 48.6 Å². The van der Waals surface area contributed by atoms with Gasteiger partial charge in [0.05, 0.1) is 11.7 Å². The highest BCUT2D eigenvalue weighted by Gasteiger charge is 2.26. The van der Waals surface area contributed by atoms with Gasteiger partial charge in [-0.3, -0.25) is 4.90 Å². The smallest absolute Gasteiger partial charge is 0.116 e. The first-order chi connectivity index (χ1) is 20.5. The van der Waals surface area contributed by atoms with Crippen LogP contribution in [0.3, 0.4) is 0 Å². The average molecular weight is 580 g/mol. The van der Waals surface area contributed by atoms with E-state index in [1.807, 2.05) is 36.4 Å². The molecule has 1 aliphatic rings. The number of aromatic hydroxyl groups is 2. The summed E-state index contributed by atoms with van der Waals surface area (Å²) in [4.78, 5) is 5.20. The summed E-state index contributed by atoms with van der Waals surface area (Å²) >= 11 is 6.21. The van der Waals surface area contributed by atoms with Gasteiger partial charge in [-0.15, -0.1) is 0 Å². The molecule has 1 atom stereocenters. The highest BCUT2D eigenvalue weighted by atomic mass is 35.5. The number of benzene rings is 4. The number of aromatic nitrogens is 1. The molecule has 1 unspecified atom stereocenters. The molecule has 6 heteroatoms. The van der Waals surface area contributed by atoms with E-state index in [1.54, 1.807) is 18.2 Å². The maximum atomic E-state index is 10.2. The van der Waals surface area contributed by atoms with Gasteiger partial charge in [-0.05, 0) is 103 Å². The number of fused-ring (bicyclic) bond motifs is 1. The van der Waals surface area contributed by atoms with Crippen molar-refractivity contribution in [2.75, 3.05) is 32.7 Å². The monoisotopic (exact) mass is 579 g/mol. The zero-order chi connectivity index (χ0) is 29.1. The summed E-state index contributed by atoms with van der Waals surface area (Å²) in [6.45, 7) is 8.26. The third-order valence-electron chi connectivity index (χ3n) is 8.62. The van der Waals surface area contributed by atoms with Crippen molar-refractivity contribution in [2.24, 2.45) is 0 Å². The van der Waals surface area contributed by atoms with Crippen molar-refractivity contribution < 1.29 is 10.2 Å². The zero-order valence-electron chi connectivity index (χ0n) is 24.1. The Labute approximate surface area is 253 Å². The first-order valence-corrected chi connectivity index (χ1v) is 15.2. The van der Waals surface area contributed by atoms with Crippen LogP contribution in [0.4, 0.5) is 0 Å². The van der Waals surface area contributed by atoms with Crippen molar-refractivity contribution in [3.05, 3.63) is 119 Å². The third kappa shape index (κ3) is 6.05. The van der Waals surface area contributed by atoms with E-state index >= 15 is 0 Å². The largest absolute Gasteiger partial charge is 0.508 e. The number of hydrogen-bond acceptors (Lipinski definition) is 4. The molecule has 4 aromatic carbocycles. The Balaban J connectivity index is 1.10. The number of phenols is 2. The molecule has 2 N–H and O–H groups in total. The summed E-state index contributed by atoms with van der Waals surface area (Å²) in [7, 11) is 0. The fraction of sp³-hybridized carbons (Fsp3) is 0.278. The maximum Gasteiger partial charge on any atom is 0.116 e. The Morgan fingerprint density at radius 3 is 2.07 bits per heavy atom. The van der Waals surface area contributed by atoms with Gasteiger partial charge in [-0.25, -0.2) is 0 Å². The molecule has 1 saturated heterocycles. The van der Waals surface area contributed by atoms with Crippen LogP contribution in [-0.4, -0.2) is 57.3 Å². The van der Waals surface area contributed by atoms with E-state index in [0.717, 1.165) is 84.9 Å². The van der Waals surface area contributed by atoms with Gasteiger partial charge in [-0.2, -0.15) is 0 Å². The Bertz CT molecular complexity index is 1620. The average Bonchev–Trinajstić information content (AvgIpc) is 3.28. The number of unbranched alkanes of at least 4 members (excludes halogenated alkanes) is 1. The van der Waals surface area contributed by atoms with Gasteiger partial charge in [0.1, 0.15) is 11.5 Å². The van der Waals surface area contributed by atoms with E-state index in [4.69, 9.17) is 11.6 Å². The molecule has 1 aliphatic heterocycles. The molecule has 0 bridgehead atoms. The standard InChI is InChI=1S/C36H38ClN3O2/c1-26-33-25-32(42)17-18-34(33)40(35(26)28-11-15-31(41)16-12-28)20-6-5-19-38-21-23-39(24-22-38)36(27-7-3-2-4-8-27)29-9-13-30(37)14-10-29/h2-4,7-18,25,36,41-42H,5-6,19-24H2,1H3. The second-order valence-electron chi connectivity index (χ2n) is 11.3. The summed E-state index contributed by atoms with van der Waals surface area (Å²) < 4.78 is 2.38. The lowest BCUT2D eigenvalue weighted by atomic mass is 9.96. The summed E-state index contributed by atoms with van der Waals surface area (Å²) in [5.41, 5.74) is 7.11. The summed E-state index contributed by atoms with van der Waals surface area (Å²) in [6.07, 6.45) is 2.18. The lowest BCUT2D eigenvalue weighted by Crippen LogP contribution is -2.48. The Hall–Kier alpha value is -3.77. The Morgan fingerprint density at radius 1 is 0.714 bits per heavy atom. The van der Waals surface area contributed by atoms with Gasteiger partial charge in [0.25, 0.3) is 0 Å². The van der Waals surface area contributed by atoms with E-state index in [0.29, 0.717) is 0 Å². The molecule has 2 heterocycles. The number of aryl methyl sites for hydroxylation is 2. The first kappa shape index (κ1) is 28.4. The Kier molecular flexibility index (Phi) is 8.52. The van der Waals surface area contributed by atoms with Crippen LogP contribution in [-0.2, 0) is 6.54 Å². The molecule has 1 aromatic heterocycles. The van der Waals surface area contributed by atoms with Crippen LogP contribution in [0.15, 0.2) is 97.1 Å². The van der Waals surface area contributed by atoms with E-state index in [2.05, 4.69) is 63.8 Å². The molecule has 216 valence electrons. The number of hydrogen-bond donors (Lipinski definition) is 2. The van der Waals surface area contributed by atoms with Gasteiger partial charge in [0.15, 0.2) is 0 Å². The second kappa shape index (κ2) is 12.6. The molecule has 5 nitrogen and oxygen atoms in total. The summed E-state index contributed by atoms with van der Waals surface area (Å²) in [6, 6.07) is 32.4. The number of nitrogens with zero attached hydrogens (tertiary/aromatic N) is 3. The minimum atomic E-state index is 0.230.